The highest BCUT2D eigenvalue weighted by Crippen LogP contribution is 2.29. The smallest absolute Gasteiger partial charge is 0.264 e. The molecule has 0 aliphatic carbocycles. The third kappa shape index (κ3) is 5.09. The van der Waals surface area contributed by atoms with Gasteiger partial charge in [-0.3, -0.25) is 9.10 Å². The number of anilines is 2. The molecule has 8 heteroatoms. The van der Waals surface area contributed by atoms with E-state index in [1.165, 1.54) is 12.1 Å². The molecule has 0 bridgehead atoms. The van der Waals surface area contributed by atoms with Crippen LogP contribution in [0.2, 0.25) is 10.0 Å². The predicted octanol–water partition coefficient (Wildman–Crippen LogP) is 5.14. The first kappa shape index (κ1) is 21.2. The van der Waals surface area contributed by atoms with E-state index in [2.05, 4.69) is 5.32 Å². The topological polar surface area (TPSA) is 66.5 Å². The van der Waals surface area contributed by atoms with Crippen LogP contribution in [-0.2, 0) is 14.8 Å². The lowest BCUT2D eigenvalue weighted by Gasteiger charge is -2.25. The summed E-state index contributed by atoms with van der Waals surface area (Å²) in [5, 5.41) is 3.62. The lowest BCUT2D eigenvalue weighted by molar-refractivity contribution is -0.114. The molecule has 0 saturated carbocycles. The van der Waals surface area contributed by atoms with Crippen LogP contribution in [0.25, 0.3) is 0 Å². The van der Waals surface area contributed by atoms with Crippen LogP contribution >= 0.6 is 23.2 Å². The highest BCUT2D eigenvalue weighted by Gasteiger charge is 2.28. The Morgan fingerprint density at radius 3 is 2.28 bits per heavy atom. The van der Waals surface area contributed by atoms with Gasteiger partial charge in [-0.15, -0.1) is 0 Å². The number of hydrogen-bond donors (Lipinski definition) is 1. The highest BCUT2D eigenvalue weighted by molar-refractivity contribution is 7.92. The van der Waals surface area contributed by atoms with Gasteiger partial charge < -0.3 is 5.32 Å². The van der Waals surface area contributed by atoms with Crippen LogP contribution in [0.15, 0.2) is 77.7 Å². The molecule has 0 spiro atoms. The Hall–Kier alpha value is -2.54. The third-order valence-corrected chi connectivity index (χ3v) is 6.40. The zero-order valence-electron chi connectivity index (χ0n) is 15.5. The van der Waals surface area contributed by atoms with Gasteiger partial charge in [-0.05, 0) is 61.0 Å². The van der Waals surface area contributed by atoms with Gasteiger partial charge in [0.15, 0.2) is 0 Å². The Morgan fingerprint density at radius 1 is 0.931 bits per heavy atom. The lowest BCUT2D eigenvalue weighted by Crippen LogP contribution is -2.38. The molecule has 1 amide bonds. The summed E-state index contributed by atoms with van der Waals surface area (Å²) in [7, 11) is -3.98. The fourth-order valence-corrected chi connectivity index (χ4v) is 4.74. The van der Waals surface area contributed by atoms with Gasteiger partial charge in [0.25, 0.3) is 10.0 Å². The maximum absolute atomic E-state index is 13.3. The van der Waals surface area contributed by atoms with E-state index in [1.54, 1.807) is 67.6 Å². The van der Waals surface area contributed by atoms with Crippen molar-refractivity contribution < 1.29 is 13.2 Å². The number of rotatable bonds is 6. The van der Waals surface area contributed by atoms with Gasteiger partial charge in [0.2, 0.25) is 5.91 Å². The Labute approximate surface area is 179 Å². The number of hydrogen-bond acceptors (Lipinski definition) is 3. The number of halogens is 2. The second-order valence-corrected chi connectivity index (χ2v) is 9.05. The zero-order chi connectivity index (χ0) is 21.0. The SMILES string of the molecule is Cc1cc(Cl)ccc1N(CC(=O)Nc1cccc(Cl)c1)S(=O)(=O)c1ccccc1. The third-order valence-electron chi connectivity index (χ3n) is 4.15. The van der Waals surface area contributed by atoms with E-state index in [0.29, 0.717) is 27.0 Å². The molecule has 150 valence electrons. The first-order valence-corrected chi connectivity index (χ1v) is 10.9. The molecule has 3 aromatic rings. The second kappa shape index (κ2) is 8.86. The van der Waals surface area contributed by atoms with Crippen molar-refractivity contribution in [2.75, 3.05) is 16.2 Å². The van der Waals surface area contributed by atoms with Crippen molar-refractivity contribution in [3.05, 3.63) is 88.4 Å². The molecule has 29 heavy (non-hydrogen) atoms. The fraction of sp³-hybridized carbons (Fsp3) is 0.0952. The van der Waals surface area contributed by atoms with Gasteiger partial charge in [0.05, 0.1) is 10.6 Å². The Morgan fingerprint density at radius 2 is 1.62 bits per heavy atom. The van der Waals surface area contributed by atoms with Crippen molar-refractivity contribution >= 4 is 50.5 Å². The molecule has 0 unspecified atom stereocenters. The van der Waals surface area contributed by atoms with Gasteiger partial charge in [-0.1, -0.05) is 47.5 Å². The highest BCUT2D eigenvalue weighted by atomic mass is 35.5. The summed E-state index contributed by atoms with van der Waals surface area (Å²) in [6.45, 7) is 1.33. The molecule has 0 radical (unpaired) electrons. The first-order valence-electron chi connectivity index (χ1n) is 8.67. The number of aryl methyl sites for hydroxylation is 1. The maximum Gasteiger partial charge on any atom is 0.264 e. The number of nitrogens with zero attached hydrogens (tertiary/aromatic N) is 1. The van der Waals surface area contributed by atoms with E-state index in [0.717, 1.165) is 4.31 Å². The van der Waals surface area contributed by atoms with Crippen molar-refractivity contribution in [2.24, 2.45) is 0 Å². The predicted molar refractivity (Wildman–Crippen MR) is 117 cm³/mol. The molecular weight excluding hydrogens is 431 g/mol. The summed E-state index contributed by atoms with van der Waals surface area (Å²) in [5.74, 6) is -0.499. The number of nitrogens with one attached hydrogen (secondary N) is 1. The summed E-state index contributed by atoms with van der Waals surface area (Å²) in [4.78, 5) is 12.8. The Kier molecular flexibility index (Phi) is 6.47. The number of carbonyl (C=O) groups excluding carboxylic acids is 1. The summed E-state index contributed by atoms with van der Waals surface area (Å²) >= 11 is 12.0. The summed E-state index contributed by atoms with van der Waals surface area (Å²) in [5.41, 5.74) is 1.49. The molecule has 1 N–H and O–H groups in total. The molecule has 0 fully saturated rings. The minimum atomic E-state index is -3.98. The first-order chi connectivity index (χ1) is 13.8. The molecule has 3 rings (SSSR count). The molecule has 5 nitrogen and oxygen atoms in total. The van der Waals surface area contributed by atoms with Crippen molar-refractivity contribution in [1.82, 2.24) is 0 Å². The average molecular weight is 449 g/mol. The molecular formula is C21H18Cl2N2O3S. The average Bonchev–Trinajstić information content (AvgIpc) is 2.67. The fourth-order valence-electron chi connectivity index (χ4n) is 2.82. The van der Waals surface area contributed by atoms with Crippen molar-refractivity contribution in [2.45, 2.75) is 11.8 Å². The van der Waals surface area contributed by atoms with E-state index in [1.807, 2.05) is 0 Å². The largest absolute Gasteiger partial charge is 0.324 e. The number of amides is 1. The molecule has 3 aromatic carbocycles. The van der Waals surface area contributed by atoms with Gasteiger partial charge in [-0.2, -0.15) is 0 Å². The van der Waals surface area contributed by atoms with Gasteiger partial charge in [0, 0.05) is 15.7 Å². The van der Waals surface area contributed by atoms with E-state index in [9.17, 15) is 13.2 Å². The zero-order valence-corrected chi connectivity index (χ0v) is 17.8. The maximum atomic E-state index is 13.3. The molecule has 0 heterocycles. The molecule has 0 aliphatic rings. The lowest BCUT2D eigenvalue weighted by atomic mass is 10.2. The number of sulfonamides is 1. The van der Waals surface area contributed by atoms with Gasteiger partial charge >= 0.3 is 0 Å². The minimum Gasteiger partial charge on any atom is -0.324 e. The van der Waals surface area contributed by atoms with Crippen molar-refractivity contribution in [3.8, 4) is 0 Å². The van der Waals surface area contributed by atoms with Crippen LogP contribution in [0.4, 0.5) is 11.4 Å². The van der Waals surface area contributed by atoms with E-state index in [4.69, 9.17) is 23.2 Å². The van der Waals surface area contributed by atoms with Crippen molar-refractivity contribution in [3.63, 3.8) is 0 Å². The summed E-state index contributed by atoms with van der Waals surface area (Å²) < 4.78 is 27.7. The standard InChI is InChI=1S/C21H18Cl2N2O3S/c1-15-12-17(23)10-11-20(15)25(29(27,28)19-8-3-2-4-9-19)14-21(26)24-18-7-5-6-16(22)13-18/h2-13H,14H2,1H3,(H,24,26). The quantitative estimate of drug-likeness (QED) is 0.567. The molecule has 0 aliphatic heterocycles. The summed E-state index contributed by atoms with van der Waals surface area (Å²) in [6, 6.07) is 19.4. The Balaban J connectivity index is 1.98. The van der Waals surface area contributed by atoms with Crippen LogP contribution in [0.3, 0.4) is 0 Å². The van der Waals surface area contributed by atoms with Crippen LogP contribution in [-0.4, -0.2) is 20.9 Å². The number of benzene rings is 3. The van der Waals surface area contributed by atoms with Crippen LogP contribution in [0.5, 0.6) is 0 Å². The summed E-state index contributed by atoms with van der Waals surface area (Å²) in [6.07, 6.45) is 0. The van der Waals surface area contributed by atoms with Crippen LogP contribution < -0.4 is 9.62 Å². The second-order valence-electron chi connectivity index (χ2n) is 6.31. The Bertz CT molecular complexity index is 1140. The van der Waals surface area contributed by atoms with E-state index < -0.39 is 22.5 Å². The van der Waals surface area contributed by atoms with Crippen LogP contribution in [0, 0.1) is 6.92 Å². The van der Waals surface area contributed by atoms with Crippen LogP contribution in [0.1, 0.15) is 5.56 Å². The van der Waals surface area contributed by atoms with E-state index >= 15 is 0 Å². The monoisotopic (exact) mass is 448 g/mol. The molecule has 0 atom stereocenters. The van der Waals surface area contributed by atoms with E-state index in [-0.39, 0.29) is 4.90 Å². The van der Waals surface area contributed by atoms with Gasteiger partial charge in [-0.25, -0.2) is 8.42 Å². The minimum absolute atomic E-state index is 0.0879. The molecule has 0 saturated heterocycles. The normalized spacial score (nSPS) is 11.1. The van der Waals surface area contributed by atoms with Crippen molar-refractivity contribution in [1.29, 1.82) is 0 Å². The van der Waals surface area contributed by atoms with Gasteiger partial charge in [0.1, 0.15) is 6.54 Å². The molecule has 0 aromatic heterocycles. The number of carbonyl (C=O) groups is 1.